The summed E-state index contributed by atoms with van der Waals surface area (Å²) >= 11 is 0. The predicted molar refractivity (Wildman–Crippen MR) is 122 cm³/mol. The van der Waals surface area contributed by atoms with Crippen molar-refractivity contribution in [3.05, 3.63) is 89.0 Å². The zero-order valence-corrected chi connectivity index (χ0v) is 17.3. The molecule has 4 aromatic rings. The number of hydrogen-bond acceptors (Lipinski definition) is 6. The van der Waals surface area contributed by atoms with Crippen molar-refractivity contribution in [3.63, 3.8) is 0 Å². The average Bonchev–Trinajstić information content (AvgIpc) is 2.82. The van der Waals surface area contributed by atoms with Gasteiger partial charge in [-0.1, -0.05) is 24.3 Å². The number of aromatic nitrogens is 3. The average molecular weight is 406 g/mol. The SMILES string of the molecule is Cc1ccc(N2CCc3ncnc(NCc4ccc5cccnc5c4)c3C2)c(C#N)c1. The number of nitriles is 1. The van der Waals surface area contributed by atoms with Crippen molar-refractivity contribution in [2.45, 2.75) is 26.4 Å². The van der Waals surface area contributed by atoms with E-state index in [-0.39, 0.29) is 0 Å². The van der Waals surface area contributed by atoms with Gasteiger partial charge >= 0.3 is 0 Å². The second kappa shape index (κ2) is 8.04. The molecule has 2 aromatic carbocycles. The van der Waals surface area contributed by atoms with Gasteiger partial charge in [-0.25, -0.2) is 9.97 Å². The monoisotopic (exact) mass is 406 g/mol. The first-order valence-electron chi connectivity index (χ1n) is 10.4. The van der Waals surface area contributed by atoms with Crippen molar-refractivity contribution in [3.8, 4) is 6.07 Å². The molecule has 3 heterocycles. The van der Waals surface area contributed by atoms with Crippen LogP contribution >= 0.6 is 0 Å². The third kappa shape index (κ3) is 3.78. The lowest BCUT2D eigenvalue weighted by Crippen LogP contribution is -2.32. The van der Waals surface area contributed by atoms with Gasteiger partial charge in [-0.2, -0.15) is 5.26 Å². The zero-order valence-electron chi connectivity index (χ0n) is 17.3. The Morgan fingerprint density at radius 2 is 2.03 bits per heavy atom. The Bertz CT molecular complexity index is 1310. The molecule has 6 heteroatoms. The van der Waals surface area contributed by atoms with Crippen LogP contribution in [0.1, 0.15) is 27.9 Å². The van der Waals surface area contributed by atoms with E-state index in [1.165, 1.54) is 0 Å². The number of hydrogen-bond donors (Lipinski definition) is 1. The summed E-state index contributed by atoms with van der Waals surface area (Å²) in [5.74, 6) is 0.849. The highest BCUT2D eigenvalue weighted by molar-refractivity contribution is 5.79. The fraction of sp³-hybridized carbons (Fsp3) is 0.200. The number of pyridine rings is 1. The number of benzene rings is 2. The molecule has 31 heavy (non-hydrogen) atoms. The number of fused-ring (bicyclic) bond motifs is 2. The van der Waals surface area contributed by atoms with Crippen LogP contribution in [-0.4, -0.2) is 21.5 Å². The van der Waals surface area contributed by atoms with Crippen LogP contribution in [0.4, 0.5) is 11.5 Å². The third-order valence-corrected chi connectivity index (χ3v) is 5.75. The first-order chi connectivity index (χ1) is 15.2. The van der Waals surface area contributed by atoms with E-state index < -0.39 is 0 Å². The van der Waals surface area contributed by atoms with Crippen LogP contribution in [-0.2, 0) is 19.5 Å². The van der Waals surface area contributed by atoms with Crippen molar-refractivity contribution in [2.75, 3.05) is 16.8 Å². The summed E-state index contributed by atoms with van der Waals surface area (Å²) in [5.41, 5.74) is 7.07. The van der Waals surface area contributed by atoms with E-state index in [0.29, 0.717) is 18.7 Å². The first-order valence-corrected chi connectivity index (χ1v) is 10.4. The Morgan fingerprint density at radius 3 is 2.94 bits per heavy atom. The molecule has 6 nitrogen and oxygen atoms in total. The van der Waals surface area contributed by atoms with Crippen LogP contribution in [0.3, 0.4) is 0 Å². The lowest BCUT2D eigenvalue weighted by atomic mass is 10.0. The van der Waals surface area contributed by atoms with E-state index in [1.807, 2.05) is 31.3 Å². The number of anilines is 2. The normalized spacial score (nSPS) is 13.0. The largest absolute Gasteiger partial charge is 0.366 e. The minimum atomic E-state index is 0.657. The van der Waals surface area contributed by atoms with Crippen LogP contribution in [0.15, 0.2) is 61.1 Å². The Kier molecular flexibility index (Phi) is 4.93. The number of nitrogens with one attached hydrogen (secondary N) is 1. The fourth-order valence-electron chi connectivity index (χ4n) is 4.12. The van der Waals surface area contributed by atoms with Crippen molar-refractivity contribution in [2.24, 2.45) is 0 Å². The molecule has 0 spiro atoms. The highest BCUT2D eigenvalue weighted by Gasteiger charge is 2.23. The molecule has 0 atom stereocenters. The maximum Gasteiger partial charge on any atom is 0.134 e. The number of rotatable bonds is 4. The smallest absolute Gasteiger partial charge is 0.134 e. The molecular formula is C25H22N6. The Hall–Kier alpha value is -3.98. The minimum Gasteiger partial charge on any atom is -0.366 e. The maximum absolute atomic E-state index is 9.59. The highest BCUT2D eigenvalue weighted by atomic mass is 15.2. The lowest BCUT2D eigenvalue weighted by Gasteiger charge is -2.31. The van der Waals surface area contributed by atoms with Crippen molar-refractivity contribution in [1.82, 2.24) is 15.0 Å². The van der Waals surface area contributed by atoms with Gasteiger partial charge in [-0.05, 0) is 42.3 Å². The highest BCUT2D eigenvalue weighted by Crippen LogP contribution is 2.30. The topological polar surface area (TPSA) is 77.7 Å². The molecule has 0 radical (unpaired) electrons. The standard InChI is InChI=1S/C25H22N6/c1-17-4-7-24(20(11-17)13-26)31-10-8-22-21(15-31)25(30-16-29-22)28-14-18-5-6-19-3-2-9-27-23(19)12-18/h2-7,9,11-12,16H,8,10,14-15H2,1H3,(H,28,29,30). The lowest BCUT2D eigenvalue weighted by molar-refractivity contribution is 0.705. The molecule has 0 saturated carbocycles. The molecule has 2 aromatic heterocycles. The summed E-state index contributed by atoms with van der Waals surface area (Å²) in [6, 6.07) is 18.7. The van der Waals surface area contributed by atoms with Gasteiger partial charge in [0.25, 0.3) is 0 Å². The number of aryl methyl sites for hydroxylation is 1. The van der Waals surface area contributed by atoms with Crippen LogP contribution in [0.5, 0.6) is 0 Å². The van der Waals surface area contributed by atoms with Gasteiger partial charge in [0.05, 0.1) is 22.5 Å². The Labute approximate surface area is 181 Å². The van der Waals surface area contributed by atoms with Crippen LogP contribution < -0.4 is 10.2 Å². The Balaban J connectivity index is 1.39. The summed E-state index contributed by atoms with van der Waals surface area (Å²) < 4.78 is 0. The molecule has 1 aliphatic rings. The van der Waals surface area contributed by atoms with Crippen LogP contribution in [0, 0.1) is 18.3 Å². The summed E-state index contributed by atoms with van der Waals surface area (Å²) in [7, 11) is 0. The zero-order chi connectivity index (χ0) is 21.2. The molecule has 152 valence electrons. The van der Waals surface area contributed by atoms with Gasteiger partial charge in [0.15, 0.2) is 0 Å². The van der Waals surface area contributed by atoms with Gasteiger partial charge in [-0.15, -0.1) is 0 Å². The van der Waals surface area contributed by atoms with Gasteiger partial charge in [0.2, 0.25) is 0 Å². The van der Waals surface area contributed by atoms with Gasteiger partial charge < -0.3 is 10.2 Å². The van der Waals surface area contributed by atoms with Crippen molar-refractivity contribution >= 4 is 22.4 Å². The molecule has 0 bridgehead atoms. The van der Waals surface area contributed by atoms with Crippen LogP contribution in [0.25, 0.3) is 10.9 Å². The second-order valence-corrected chi connectivity index (χ2v) is 7.84. The fourth-order valence-corrected chi connectivity index (χ4v) is 4.12. The molecule has 5 rings (SSSR count). The Morgan fingerprint density at radius 1 is 1.10 bits per heavy atom. The third-order valence-electron chi connectivity index (χ3n) is 5.75. The van der Waals surface area contributed by atoms with E-state index in [2.05, 4.69) is 61.6 Å². The van der Waals surface area contributed by atoms with E-state index in [4.69, 9.17) is 0 Å². The molecule has 1 N–H and O–H groups in total. The second-order valence-electron chi connectivity index (χ2n) is 7.84. The molecule has 0 fully saturated rings. The van der Waals surface area contributed by atoms with Gasteiger partial charge in [0, 0.05) is 43.2 Å². The van der Waals surface area contributed by atoms with Crippen molar-refractivity contribution < 1.29 is 0 Å². The molecule has 0 amide bonds. The van der Waals surface area contributed by atoms with E-state index in [0.717, 1.165) is 57.8 Å². The van der Waals surface area contributed by atoms with Gasteiger partial charge in [0.1, 0.15) is 18.2 Å². The van der Waals surface area contributed by atoms with Gasteiger partial charge in [-0.3, -0.25) is 4.98 Å². The maximum atomic E-state index is 9.59. The molecule has 0 aliphatic carbocycles. The van der Waals surface area contributed by atoms with E-state index in [9.17, 15) is 5.26 Å². The molecule has 0 unspecified atom stereocenters. The van der Waals surface area contributed by atoms with E-state index >= 15 is 0 Å². The van der Waals surface area contributed by atoms with Crippen LogP contribution in [0.2, 0.25) is 0 Å². The van der Waals surface area contributed by atoms with E-state index in [1.54, 1.807) is 6.33 Å². The molecule has 1 aliphatic heterocycles. The first kappa shape index (κ1) is 19.0. The quantitative estimate of drug-likeness (QED) is 0.542. The molecule has 0 saturated heterocycles. The number of nitrogens with zero attached hydrogens (tertiary/aromatic N) is 5. The summed E-state index contributed by atoms with van der Waals surface area (Å²) in [6.07, 6.45) is 4.27. The summed E-state index contributed by atoms with van der Waals surface area (Å²) in [5, 5.41) is 14.2. The van der Waals surface area contributed by atoms with Crippen molar-refractivity contribution in [1.29, 1.82) is 5.26 Å². The summed E-state index contributed by atoms with van der Waals surface area (Å²) in [6.45, 7) is 4.17. The minimum absolute atomic E-state index is 0.657. The summed E-state index contributed by atoms with van der Waals surface area (Å²) in [4.78, 5) is 15.7. The molecular weight excluding hydrogens is 384 g/mol. The predicted octanol–water partition coefficient (Wildman–Crippen LogP) is 4.38.